The molecular weight excluding hydrogens is 378 g/mol. The van der Waals surface area contributed by atoms with Crippen molar-refractivity contribution in [1.29, 1.82) is 0 Å². The minimum atomic E-state index is 0.200. The van der Waals surface area contributed by atoms with Crippen molar-refractivity contribution < 1.29 is 14.3 Å². The standard InChI is InChI=1S/C15H30N2O2.C9H17NO/c1-4-5-11-19-12-8-16-15(18)14-6-9-17(10-7-14)13(2)3;1-8(2)9-3-5-10(7-11)6-4-9/h13-14H,4-12H2,1-3H3,(H,16,18);7-9H,3-6H2,1-2H3. The van der Waals surface area contributed by atoms with Gasteiger partial charge < -0.3 is 19.9 Å². The Bertz CT molecular complexity index is 455. The lowest BCUT2D eigenvalue weighted by molar-refractivity contribution is -0.126. The third kappa shape index (κ3) is 10.8. The van der Waals surface area contributed by atoms with Crippen LogP contribution < -0.4 is 5.32 Å². The topological polar surface area (TPSA) is 61.9 Å². The lowest BCUT2D eigenvalue weighted by Gasteiger charge is -2.33. The number of ether oxygens (including phenoxy) is 1. The van der Waals surface area contributed by atoms with E-state index < -0.39 is 0 Å². The van der Waals surface area contributed by atoms with E-state index >= 15 is 0 Å². The zero-order valence-electron chi connectivity index (χ0n) is 20.2. The molecule has 2 amide bonds. The molecule has 2 heterocycles. The van der Waals surface area contributed by atoms with E-state index in [0.29, 0.717) is 19.2 Å². The highest BCUT2D eigenvalue weighted by Gasteiger charge is 2.25. The van der Waals surface area contributed by atoms with Crippen LogP contribution >= 0.6 is 0 Å². The number of nitrogens with zero attached hydrogens (tertiary/aromatic N) is 2. The van der Waals surface area contributed by atoms with Crippen molar-refractivity contribution >= 4 is 12.3 Å². The van der Waals surface area contributed by atoms with Gasteiger partial charge in [-0.3, -0.25) is 9.59 Å². The smallest absolute Gasteiger partial charge is 0.223 e. The summed E-state index contributed by atoms with van der Waals surface area (Å²) in [4.78, 5) is 26.7. The van der Waals surface area contributed by atoms with Crippen LogP contribution in [0.15, 0.2) is 0 Å². The van der Waals surface area contributed by atoms with E-state index in [1.807, 2.05) is 4.90 Å². The van der Waals surface area contributed by atoms with Crippen LogP contribution in [0.25, 0.3) is 0 Å². The summed E-state index contributed by atoms with van der Waals surface area (Å²) in [6.07, 6.45) is 7.58. The number of rotatable bonds is 10. The summed E-state index contributed by atoms with van der Waals surface area (Å²) in [7, 11) is 0. The van der Waals surface area contributed by atoms with Crippen LogP contribution in [0.3, 0.4) is 0 Å². The quantitative estimate of drug-likeness (QED) is 0.429. The zero-order chi connectivity index (χ0) is 22.4. The Labute approximate surface area is 185 Å². The molecule has 2 rings (SSSR count). The van der Waals surface area contributed by atoms with Gasteiger partial charge in [0.1, 0.15) is 0 Å². The highest BCUT2D eigenvalue weighted by Crippen LogP contribution is 2.23. The maximum Gasteiger partial charge on any atom is 0.223 e. The third-order valence-corrected chi connectivity index (χ3v) is 6.48. The third-order valence-electron chi connectivity index (χ3n) is 6.48. The molecule has 1 N–H and O–H groups in total. The highest BCUT2D eigenvalue weighted by molar-refractivity contribution is 5.78. The maximum atomic E-state index is 12.0. The number of carbonyl (C=O) groups is 2. The molecule has 0 unspecified atom stereocenters. The second-order valence-corrected chi connectivity index (χ2v) is 9.38. The monoisotopic (exact) mass is 425 g/mol. The van der Waals surface area contributed by atoms with Gasteiger partial charge in [0.25, 0.3) is 0 Å². The van der Waals surface area contributed by atoms with E-state index in [-0.39, 0.29) is 11.8 Å². The number of likely N-dealkylation sites (tertiary alicyclic amines) is 2. The summed E-state index contributed by atoms with van der Waals surface area (Å²) in [6.45, 7) is 17.2. The van der Waals surface area contributed by atoms with Crippen LogP contribution in [0.1, 0.15) is 73.1 Å². The summed E-state index contributed by atoms with van der Waals surface area (Å²) in [5, 5.41) is 2.99. The first-order valence-electron chi connectivity index (χ1n) is 12.2. The van der Waals surface area contributed by atoms with Crippen molar-refractivity contribution in [3.8, 4) is 0 Å². The van der Waals surface area contributed by atoms with Crippen molar-refractivity contribution in [2.75, 3.05) is 45.9 Å². The minimum absolute atomic E-state index is 0.200. The highest BCUT2D eigenvalue weighted by atomic mass is 16.5. The Kier molecular flexibility index (Phi) is 14.0. The summed E-state index contributed by atoms with van der Waals surface area (Å²) >= 11 is 0. The fourth-order valence-corrected chi connectivity index (χ4v) is 4.11. The average Bonchev–Trinajstić information content (AvgIpc) is 2.76. The second-order valence-electron chi connectivity index (χ2n) is 9.38. The van der Waals surface area contributed by atoms with E-state index in [0.717, 1.165) is 76.7 Å². The molecule has 30 heavy (non-hydrogen) atoms. The van der Waals surface area contributed by atoms with Crippen LogP contribution in [-0.2, 0) is 14.3 Å². The van der Waals surface area contributed by atoms with Gasteiger partial charge in [-0.1, -0.05) is 27.2 Å². The summed E-state index contributed by atoms with van der Waals surface area (Å²) in [6, 6.07) is 0.593. The van der Waals surface area contributed by atoms with E-state index in [9.17, 15) is 9.59 Å². The molecule has 0 aromatic heterocycles. The number of nitrogens with one attached hydrogen (secondary N) is 1. The van der Waals surface area contributed by atoms with Gasteiger partial charge in [0, 0.05) is 38.2 Å². The molecule has 6 nitrogen and oxygen atoms in total. The van der Waals surface area contributed by atoms with Crippen molar-refractivity contribution in [3.05, 3.63) is 0 Å². The van der Waals surface area contributed by atoms with Gasteiger partial charge in [-0.15, -0.1) is 0 Å². The van der Waals surface area contributed by atoms with Gasteiger partial charge in [0.2, 0.25) is 12.3 Å². The molecule has 0 saturated carbocycles. The minimum Gasteiger partial charge on any atom is -0.380 e. The van der Waals surface area contributed by atoms with Crippen LogP contribution in [-0.4, -0.2) is 74.1 Å². The molecular formula is C24H47N3O3. The Morgan fingerprint density at radius 1 is 1.03 bits per heavy atom. The van der Waals surface area contributed by atoms with Crippen LogP contribution in [0.5, 0.6) is 0 Å². The number of hydrogen-bond donors (Lipinski definition) is 1. The van der Waals surface area contributed by atoms with Gasteiger partial charge in [-0.2, -0.15) is 0 Å². The van der Waals surface area contributed by atoms with E-state index in [1.54, 1.807) is 0 Å². The van der Waals surface area contributed by atoms with Gasteiger partial charge in [0.05, 0.1) is 6.61 Å². The van der Waals surface area contributed by atoms with Crippen molar-refractivity contribution in [2.24, 2.45) is 17.8 Å². The Balaban J connectivity index is 0.000000346. The van der Waals surface area contributed by atoms with Crippen LogP contribution in [0, 0.1) is 17.8 Å². The molecule has 0 radical (unpaired) electrons. The summed E-state index contributed by atoms with van der Waals surface area (Å²) < 4.78 is 5.44. The first-order chi connectivity index (χ1) is 14.4. The van der Waals surface area contributed by atoms with Crippen molar-refractivity contribution in [1.82, 2.24) is 15.1 Å². The number of amides is 2. The van der Waals surface area contributed by atoms with Gasteiger partial charge in [0.15, 0.2) is 0 Å². The summed E-state index contributed by atoms with van der Waals surface area (Å²) in [5.41, 5.74) is 0. The first kappa shape index (κ1) is 26.9. The Morgan fingerprint density at radius 3 is 2.17 bits per heavy atom. The average molecular weight is 426 g/mol. The maximum absolute atomic E-state index is 12.0. The lowest BCUT2D eigenvalue weighted by atomic mass is 9.87. The largest absolute Gasteiger partial charge is 0.380 e. The van der Waals surface area contributed by atoms with E-state index in [2.05, 4.69) is 44.8 Å². The van der Waals surface area contributed by atoms with Crippen LogP contribution in [0.4, 0.5) is 0 Å². The molecule has 2 aliphatic rings. The molecule has 176 valence electrons. The molecule has 2 saturated heterocycles. The fraction of sp³-hybridized carbons (Fsp3) is 0.917. The zero-order valence-corrected chi connectivity index (χ0v) is 20.2. The van der Waals surface area contributed by atoms with Crippen molar-refractivity contribution in [3.63, 3.8) is 0 Å². The second kappa shape index (κ2) is 15.6. The molecule has 2 fully saturated rings. The molecule has 0 spiro atoms. The molecule has 0 aromatic carbocycles. The predicted octanol–water partition coefficient (Wildman–Crippen LogP) is 3.55. The lowest BCUT2D eigenvalue weighted by Crippen LogP contribution is -2.43. The van der Waals surface area contributed by atoms with E-state index in [1.165, 1.54) is 12.8 Å². The molecule has 0 aromatic rings. The normalized spacial score (nSPS) is 19.0. The predicted molar refractivity (Wildman–Crippen MR) is 123 cm³/mol. The van der Waals surface area contributed by atoms with Gasteiger partial charge in [-0.05, 0) is 70.9 Å². The Hall–Kier alpha value is -1.14. The van der Waals surface area contributed by atoms with E-state index in [4.69, 9.17) is 4.74 Å². The molecule has 0 aliphatic carbocycles. The first-order valence-corrected chi connectivity index (χ1v) is 12.2. The Morgan fingerprint density at radius 2 is 1.67 bits per heavy atom. The molecule has 2 aliphatic heterocycles. The van der Waals surface area contributed by atoms with Gasteiger partial charge >= 0.3 is 0 Å². The summed E-state index contributed by atoms with van der Waals surface area (Å²) in [5.74, 6) is 2.03. The number of piperidine rings is 2. The number of carbonyl (C=O) groups excluding carboxylic acids is 2. The fourth-order valence-electron chi connectivity index (χ4n) is 4.11. The SMILES string of the molecule is CC(C)C1CCN(C=O)CC1.CCCCOCCNC(=O)C1CCN(C(C)C)CC1. The van der Waals surface area contributed by atoms with Crippen LogP contribution in [0.2, 0.25) is 0 Å². The molecule has 0 bridgehead atoms. The molecule has 0 atom stereocenters. The number of hydrogen-bond acceptors (Lipinski definition) is 4. The number of unbranched alkanes of at least 4 members (excludes halogenated alkanes) is 1. The van der Waals surface area contributed by atoms with Crippen molar-refractivity contribution in [2.45, 2.75) is 79.2 Å². The van der Waals surface area contributed by atoms with Gasteiger partial charge in [-0.25, -0.2) is 0 Å². The molecule has 6 heteroatoms.